The van der Waals surface area contributed by atoms with Crippen LogP contribution in [0.15, 0.2) is 23.1 Å². The number of benzene rings is 1. The van der Waals surface area contributed by atoms with Crippen LogP contribution in [-0.4, -0.2) is 47.4 Å². The Morgan fingerprint density at radius 3 is 3.00 bits per heavy atom. The summed E-state index contributed by atoms with van der Waals surface area (Å²) in [6.45, 7) is 2.41. The van der Waals surface area contributed by atoms with E-state index in [2.05, 4.69) is 10.0 Å². The molecule has 3 rings (SSSR count). The number of ether oxygens (including phenoxy) is 2. The summed E-state index contributed by atoms with van der Waals surface area (Å²) in [7, 11) is -1.90. The zero-order valence-electron chi connectivity index (χ0n) is 13.4. The molecule has 0 amide bonds. The summed E-state index contributed by atoms with van der Waals surface area (Å²) in [5.41, 5.74) is 0.656. The Morgan fingerprint density at radius 1 is 1.39 bits per heavy atom. The first kappa shape index (κ1) is 16.7. The minimum atomic E-state index is -3.54. The van der Waals surface area contributed by atoms with Gasteiger partial charge in [-0.25, -0.2) is 13.1 Å². The summed E-state index contributed by atoms with van der Waals surface area (Å²) in [6.07, 6.45) is 3.71. The number of nitrogens with one attached hydrogen (secondary N) is 2. The number of fused-ring (bicyclic) bond motifs is 1. The third-order valence-corrected chi connectivity index (χ3v) is 5.94. The van der Waals surface area contributed by atoms with Crippen molar-refractivity contribution in [3.05, 3.63) is 23.8 Å². The van der Waals surface area contributed by atoms with Crippen molar-refractivity contribution in [2.75, 3.05) is 33.4 Å². The molecular weight excluding hydrogens is 316 g/mol. The monoisotopic (exact) mass is 340 g/mol. The van der Waals surface area contributed by atoms with Crippen molar-refractivity contribution < 1.29 is 17.9 Å². The minimum Gasteiger partial charge on any atom is -0.493 e. The Hall–Kier alpha value is -1.15. The minimum absolute atomic E-state index is 0.298. The molecule has 6 nitrogen and oxygen atoms in total. The second-order valence-electron chi connectivity index (χ2n) is 6.29. The third-order valence-electron chi connectivity index (χ3n) is 4.54. The van der Waals surface area contributed by atoms with Gasteiger partial charge in [0.25, 0.3) is 0 Å². The molecule has 0 bridgehead atoms. The largest absolute Gasteiger partial charge is 0.493 e. The van der Waals surface area contributed by atoms with Crippen molar-refractivity contribution in [1.82, 2.24) is 10.0 Å². The Balaban J connectivity index is 1.74. The molecule has 1 unspecified atom stereocenters. The van der Waals surface area contributed by atoms with E-state index in [1.807, 2.05) is 0 Å². The van der Waals surface area contributed by atoms with Gasteiger partial charge < -0.3 is 14.8 Å². The van der Waals surface area contributed by atoms with Gasteiger partial charge in [-0.3, -0.25) is 0 Å². The van der Waals surface area contributed by atoms with Crippen LogP contribution in [-0.2, 0) is 21.2 Å². The Labute approximate surface area is 137 Å². The molecule has 1 saturated heterocycles. The van der Waals surface area contributed by atoms with Gasteiger partial charge in [-0.05, 0) is 56.0 Å². The normalized spacial score (nSPS) is 24.2. The van der Waals surface area contributed by atoms with Crippen LogP contribution in [0.3, 0.4) is 0 Å². The van der Waals surface area contributed by atoms with Crippen molar-refractivity contribution in [1.29, 1.82) is 0 Å². The highest BCUT2D eigenvalue weighted by molar-refractivity contribution is 7.89. The Kier molecular flexibility index (Phi) is 4.91. The van der Waals surface area contributed by atoms with E-state index in [0.717, 1.165) is 43.5 Å². The number of sulfonamides is 1. The SMILES string of the molecule is COCC1(CNS(=O)(=O)c2ccc3c(c2)CCCO3)CCCN1. The summed E-state index contributed by atoms with van der Waals surface area (Å²) in [4.78, 5) is 0.298. The lowest BCUT2D eigenvalue weighted by atomic mass is 9.99. The maximum absolute atomic E-state index is 12.6. The van der Waals surface area contributed by atoms with Gasteiger partial charge in [0, 0.05) is 13.7 Å². The highest BCUT2D eigenvalue weighted by Crippen LogP contribution is 2.27. The highest BCUT2D eigenvalue weighted by atomic mass is 32.2. The summed E-state index contributed by atoms with van der Waals surface area (Å²) < 4.78 is 38.7. The van der Waals surface area contributed by atoms with Gasteiger partial charge in [0.05, 0.1) is 23.6 Å². The fraction of sp³-hybridized carbons (Fsp3) is 0.625. The Bertz CT molecular complexity index is 654. The van der Waals surface area contributed by atoms with Gasteiger partial charge in [0.15, 0.2) is 0 Å². The lowest BCUT2D eigenvalue weighted by molar-refractivity contribution is 0.122. The van der Waals surface area contributed by atoms with E-state index in [0.29, 0.717) is 24.7 Å². The molecule has 128 valence electrons. The molecule has 1 aromatic rings. The zero-order valence-corrected chi connectivity index (χ0v) is 14.2. The van der Waals surface area contributed by atoms with Gasteiger partial charge in [-0.1, -0.05) is 0 Å². The quantitative estimate of drug-likeness (QED) is 0.810. The maximum Gasteiger partial charge on any atom is 0.240 e. The van der Waals surface area contributed by atoms with Gasteiger partial charge in [-0.15, -0.1) is 0 Å². The molecule has 2 heterocycles. The summed E-state index contributed by atoms with van der Waals surface area (Å²) >= 11 is 0. The van der Waals surface area contributed by atoms with E-state index >= 15 is 0 Å². The first-order chi connectivity index (χ1) is 11.0. The smallest absolute Gasteiger partial charge is 0.240 e. The van der Waals surface area contributed by atoms with Gasteiger partial charge in [0.2, 0.25) is 10.0 Å². The van der Waals surface area contributed by atoms with E-state index in [1.165, 1.54) is 0 Å². The fourth-order valence-electron chi connectivity index (χ4n) is 3.29. The molecule has 1 aromatic carbocycles. The van der Waals surface area contributed by atoms with Crippen molar-refractivity contribution in [3.63, 3.8) is 0 Å². The van der Waals surface area contributed by atoms with Crippen LogP contribution in [0.1, 0.15) is 24.8 Å². The van der Waals surface area contributed by atoms with Crippen molar-refractivity contribution in [3.8, 4) is 5.75 Å². The summed E-state index contributed by atoms with van der Waals surface area (Å²) in [5.74, 6) is 0.795. The molecule has 2 aliphatic heterocycles. The van der Waals surface area contributed by atoms with Crippen LogP contribution in [0.2, 0.25) is 0 Å². The summed E-state index contributed by atoms with van der Waals surface area (Å²) in [6, 6.07) is 5.08. The molecule has 1 fully saturated rings. The van der Waals surface area contributed by atoms with Gasteiger partial charge in [0.1, 0.15) is 5.75 Å². The van der Waals surface area contributed by atoms with Crippen molar-refractivity contribution in [2.45, 2.75) is 36.1 Å². The van der Waals surface area contributed by atoms with Crippen molar-refractivity contribution in [2.24, 2.45) is 0 Å². The predicted molar refractivity (Wildman–Crippen MR) is 87.3 cm³/mol. The highest BCUT2D eigenvalue weighted by Gasteiger charge is 2.34. The predicted octanol–water partition coefficient (Wildman–Crippen LogP) is 1.06. The van der Waals surface area contributed by atoms with E-state index in [1.54, 1.807) is 25.3 Å². The molecule has 7 heteroatoms. The summed E-state index contributed by atoms with van der Waals surface area (Å²) in [5, 5.41) is 3.37. The number of rotatable bonds is 6. The first-order valence-corrected chi connectivity index (χ1v) is 9.52. The molecule has 0 spiro atoms. The van der Waals surface area contributed by atoms with E-state index in [4.69, 9.17) is 9.47 Å². The second kappa shape index (κ2) is 6.76. The van der Waals surface area contributed by atoms with E-state index in [-0.39, 0.29) is 5.54 Å². The molecule has 0 aromatic heterocycles. The van der Waals surface area contributed by atoms with Crippen LogP contribution in [0.5, 0.6) is 5.75 Å². The second-order valence-corrected chi connectivity index (χ2v) is 8.06. The number of methoxy groups -OCH3 is 1. The van der Waals surface area contributed by atoms with Gasteiger partial charge >= 0.3 is 0 Å². The first-order valence-electron chi connectivity index (χ1n) is 8.04. The molecule has 0 saturated carbocycles. The van der Waals surface area contributed by atoms with E-state index in [9.17, 15) is 8.42 Å². The molecule has 0 aliphatic carbocycles. The number of hydrogen-bond donors (Lipinski definition) is 2. The van der Waals surface area contributed by atoms with Crippen LogP contribution >= 0.6 is 0 Å². The molecule has 2 aliphatic rings. The van der Waals surface area contributed by atoms with Crippen molar-refractivity contribution >= 4 is 10.0 Å². The van der Waals surface area contributed by atoms with Crippen LogP contribution in [0, 0.1) is 0 Å². The zero-order chi connectivity index (χ0) is 16.3. The number of hydrogen-bond acceptors (Lipinski definition) is 5. The molecular formula is C16H24N2O4S. The van der Waals surface area contributed by atoms with E-state index < -0.39 is 10.0 Å². The number of aryl methyl sites for hydroxylation is 1. The fourth-order valence-corrected chi connectivity index (χ4v) is 4.47. The molecule has 2 N–H and O–H groups in total. The average molecular weight is 340 g/mol. The maximum atomic E-state index is 12.6. The van der Waals surface area contributed by atoms with Crippen LogP contribution < -0.4 is 14.8 Å². The van der Waals surface area contributed by atoms with Gasteiger partial charge in [-0.2, -0.15) is 0 Å². The topological polar surface area (TPSA) is 76.7 Å². The molecule has 23 heavy (non-hydrogen) atoms. The molecule has 0 radical (unpaired) electrons. The lowest BCUT2D eigenvalue weighted by Crippen LogP contribution is -2.52. The third kappa shape index (κ3) is 3.68. The van der Waals surface area contributed by atoms with Crippen LogP contribution in [0.4, 0.5) is 0 Å². The lowest BCUT2D eigenvalue weighted by Gasteiger charge is -2.29. The van der Waals surface area contributed by atoms with Crippen LogP contribution in [0.25, 0.3) is 0 Å². The standard InChI is InChI=1S/C16H24N2O4S/c1-21-12-16(7-3-8-17-16)11-18-23(19,20)14-5-6-15-13(10-14)4-2-9-22-15/h5-6,10,17-18H,2-4,7-9,11-12H2,1H3. The Morgan fingerprint density at radius 2 is 2.26 bits per heavy atom. The average Bonchev–Trinajstić information content (AvgIpc) is 3.02. The molecule has 1 atom stereocenters.